The third-order valence-corrected chi connectivity index (χ3v) is 5.27. The normalized spacial score (nSPS) is 26.7. The average Bonchev–Trinajstić information content (AvgIpc) is 3.31. The molecule has 0 bridgehead atoms. The SMILES string of the molecule is O=C(C1CCN(c2ccnc(C3CC3)n2)C1)N1CCC(F)(F)CC1. The average molecular weight is 336 g/mol. The van der Waals surface area contributed by atoms with Gasteiger partial charge in [-0.3, -0.25) is 4.79 Å². The quantitative estimate of drug-likeness (QED) is 0.851. The van der Waals surface area contributed by atoms with Crippen molar-refractivity contribution in [1.82, 2.24) is 14.9 Å². The molecule has 24 heavy (non-hydrogen) atoms. The molecule has 1 atom stereocenters. The van der Waals surface area contributed by atoms with E-state index in [1.807, 2.05) is 6.07 Å². The molecule has 0 aromatic carbocycles. The van der Waals surface area contributed by atoms with E-state index in [0.717, 1.165) is 37.4 Å². The monoisotopic (exact) mass is 336 g/mol. The minimum Gasteiger partial charge on any atom is -0.356 e. The number of likely N-dealkylation sites (tertiary alicyclic amines) is 1. The highest BCUT2D eigenvalue weighted by Gasteiger charge is 2.39. The Balaban J connectivity index is 1.37. The van der Waals surface area contributed by atoms with Crippen molar-refractivity contribution in [2.45, 2.75) is 43.9 Å². The molecule has 0 spiro atoms. The fourth-order valence-corrected chi connectivity index (χ4v) is 3.56. The number of carbonyl (C=O) groups excluding carboxylic acids is 1. The van der Waals surface area contributed by atoms with Crippen molar-refractivity contribution < 1.29 is 13.6 Å². The lowest BCUT2D eigenvalue weighted by Gasteiger charge is -2.33. The molecule has 3 fully saturated rings. The van der Waals surface area contributed by atoms with Gasteiger partial charge in [0.2, 0.25) is 5.91 Å². The predicted octanol–water partition coefficient (Wildman–Crippen LogP) is 2.44. The van der Waals surface area contributed by atoms with E-state index in [1.165, 1.54) is 0 Å². The van der Waals surface area contributed by atoms with E-state index in [0.29, 0.717) is 12.5 Å². The maximum Gasteiger partial charge on any atom is 0.251 e. The smallest absolute Gasteiger partial charge is 0.251 e. The Kier molecular flexibility index (Phi) is 3.89. The lowest BCUT2D eigenvalue weighted by atomic mass is 10.0. The first kappa shape index (κ1) is 15.7. The Labute approximate surface area is 140 Å². The number of alkyl halides is 2. The second-order valence-corrected chi connectivity index (χ2v) is 7.16. The van der Waals surface area contributed by atoms with Gasteiger partial charge in [0, 0.05) is 51.1 Å². The molecule has 4 rings (SSSR count). The van der Waals surface area contributed by atoms with E-state index >= 15 is 0 Å². The first-order valence-corrected chi connectivity index (χ1v) is 8.76. The highest BCUT2D eigenvalue weighted by atomic mass is 19.3. The molecule has 5 nitrogen and oxygen atoms in total. The summed E-state index contributed by atoms with van der Waals surface area (Å²) in [6.45, 7) is 1.73. The number of rotatable bonds is 3. The van der Waals surface area contributed by atoms with E-state index in [-0.39, 0.29) is 37.8 Å². The Morgan fingerprint density at radius 3 is 2.62 bits per heavy atom. The van der Waals surface area contributed by atoms with E-state index in [9.17, 15) is 13.6 Å². The minimum atomic E-state index is -2.61. The van der Waals surface area contributed by atoms with Crippen LogP contribution in [0.1, 0.15) is 43.8 Å². The standard InChI is InChI=1S/C17H22F2N4O/c18-17(19)5-9-22(10-6-17)16(24)13-4-8-23(11-13)14-3-7-20-15(21-14)12-1-2-12/h3,7,12-13H,1-2,4-6,8-11H2. The molecule has 3 heterocycles. The van der Waals surface area contributed by atoms with Gasteiger partial charge >= 0.3 is 0 Å². The lowest BCUT2D eigenvalue weighted by Crippen LogP contribution is -2.45. The van der Waals surface area contributed by atoms with Crippen molar-refractivity contribution in [2.24, 2.45) is 5.92 Å². The number of hydrogen-bond donors (Lipinski definition) is 0. The van der Waals surface area contributed by atoms with Crippen LogP contribution in [0.3, 0.4) is 0 Å². The summed E-state index contributed by atoms with van der Waals surface area (Å²) < 4.78 is 26.5. The molecule has 0 radical (unpaired) electrons. The lowest BCUT2D eigenvalue weighted by molar-refractivity contribution is -0.140. The molecule has 2 aliphatic heterocycles. The second-order valence-electron chi connectivity index (χ2n) is 7.16. The number of halogens is 2. The van der Waals surface area contributed by atoms with Crippen LogP contribution in [0.2, 0.25) is 0 Å². The van der Waals surface area contributed by atoms with Gasteiger partial charge in [0.15, 0.2) is 0 Å². The number of piperidine rings is 1. The molecule has 1 aliphatic carbocycles. The zero-order chi connectivity index (χ0) is 16.7. The molecule has 130 valence electrons. The summed E-state index contributed by atoms with van der Waals surface area (Å²) in [6, 6.07) is 1.89. The molecule has 1 aromatic heterocycles. The summed E-state index contributed by atoms with van der Waals surface area (Å²) >= 11 is 0. The molecule has 1 unspecified atom stereocenters. The zero-order valence-corrected chi connectivity index (χ0v) is 13.6. The second kappa shape index (κ2) is 5.93. The Morgan fingerprint density at radius 1 is 1.17 bits per heavy atom. The maximum atomic E-state index is 13.2. The van der Waals surface area contributed by atoms with Crippen molar-refractivity contribution in [3.8, 4) is 0 Å². The number of anilines is 1. The van der Waals surface area contributed by atoms with Gasteiger partial charge < -0.3 is 9.80 Å². The van der Waals surface area contributed by atoms with E-state index < -0.39 is 5.92 Å². The summed E-state index contributed by atoms with van der Waals surface area (Å²) in [5.41, 5.74) is 0. The van der Waals surface area contributed by atoms with Crippen LogP contribution >= 0.6 is 0 Å². The Morgan fingerprint density at radius 2 is 1.92 bits per heavy atom. The summed E-state index contributed by atoms with van der Waals surface area (Å²) in [5.74, 6) is -0.424. The van der Waals surface area contributed by atoms with Crippen LogP contribution in [0.15, 0.2) is 12.3 Å². The summed E-state index contributed by atoms with van der Waals surface area (Å²) in [5, 5.41) is 0. The van der Waals surface area contributed by atoms with Gasteiger partial charge in [-0.15, -0.1) is 0 Å². The van der Waals surface area contributed by atoms with Crippen molar-refractivity contribution in [1.29, 1.82) is 0 Å². The summed E-state index contributed by atoms with van der Waals surface area (Å²) in [7, 11) is 0. The van der Waals surface area contributed by atoms with Crippen LogP contribution in [0.4, 0.5) is 14.6 Å². The van der Waals surface area contributed by atoms with Gasteiger partial charge in [0.05, 0.1) is 5.92 Å². The predicted molar refractivity (Wildman–Crippen MR) is 85.1 cm³/mol. The van der Waals surface area contributed by atoms with Crippen molar-refractivity contribution >= 4 is 11.7 Å². The van der Waals surface area contributed by atoms with E-state index in [2.05, 4.69) is 14.9 Å². The molecule has 1 saturated carbocycles. The zero-order valence-electron chi connectivity index (χ0n) is 13.6. The van der Waals surface area contributed by atoms with Crippen LogP contribution in [0.25, 0.3) is 0 Å². The molecule has 2 saturated heterocycles. The van der Waals surface area contributed by atoms with E-state index in [4.69, 9.17) is 0 Å². The number of hydrogen-bond acceptors (Lipinski definition) is 4. The highest BCUT2D eigenvalue weighted by Crippen LogP contribution is 2.38. The van der Waals surface area contributed by atoms with Crippen LogP contribution in [0, 0.1) is 5.92 Å². The van der Waals surface area contributed by atoms with Crippen LogP contribution in [0.5, 0.6) is 0 Å². The van der Waals surface area contributed by atoms with Gasteiger partial charge in [-0.1, -0.05) is 0 Å². The molecule has 0 N–H and O–H groups in total. The van der Waals surface area contributed by atoms with Gasteiger partial charge in [-0.2, -0.15) is 0 Å². The fraction of sp³-hybridized carbons (Fsp3) is 0.706. The topological polar surface area (TPSA) is 49.3 Å². The molecule has 3 aliphatic rings. The fourth-order valence-electron chi connectivity index (χ4n) is 3.56. The highest BCUT2D eigenvalue weighted by molar-refractivity contribution is 5.80. The minimum absolute atomic E-state index is 0.0180. The third kappa shape index (κ3) is 3.21. The third-order valence-electron chi connectivity index (χ3n) is 5.27. The van der Waals surface area contributed by atoms with Gasteiger partial charge in [0.25, 0.3) is 5.92 Å². The molecule has 1 aromatic rings. The number of aromatic nitrogens is 2. The summed E-state index contributed by atoms with van der Waals surface area (Å²) in [4.78, 5) is 25.3. The number of carbonyl (C=O) groups is 1. The maximum absolute atomic E-state index is 13.2. The van der Waals surface area contributed by atoms with Crippen molar-refractivity contribution in [3.63, 3.8) is 0 Å². The van der Waals surface area contributed by atoms with Crippen LogP contribution in [-0.4, -0.2) is 52.9 Å². The first-order valence-electron chi connectivity index (χ1n) is 8.76. The molecular formula is C17H22F2N4O. The summed E-state index contributed by atoms with van der Waals surface area (Å²) in [6.07, 6.45) is 4.43. The van der Waals surface area contributed by atoms with Gasteiger partial charge in [0.1, 0.15) is 11.6 Å². The van der Waals surface area contributed by atoms with Crippen LogP contribution < -0.4 is 4.90 Å². The van der Waals surface area contributed by atoms with Crippen molar-refractivity contribution in [3.05, 3.63) is 18.1 Å². The first-order chi connectivity index (χ1) is 11.5. The largest absolute Gasteiger partial charge is 0.356 e. The molecule has 7 heteroatoms. The number of nitrogens with zero attached hydrogens (tertiary/aromatic N) is 4. The molecular weight excluding hydrogens is 314 g/mol. The number of amides is 1. The Hall–Kier alpha value is -1.79. The van der Waals surface area contributed by atoms with Crippen LogP contribution in [-0.2, 0) is 4.79 Å². The Bertz CT molecular complexity index is 625. The molecule has 1 amide bonds. The van der Waals surface area contributed by atoms with Crippen molar-refractivity contribution in [2.75, 3.05) is 31.1 Å². The van der Waals surface area contributed by atoms with E-state index in [1.54, 1.807) is 11.1 Å². The van der Waals surface area contributed by atoms with Gasteiger partial charge in [-0.05, 0) is 25.3 Å². The van der Waals surface area contributed by atoms with Gasteiger partial charge in [-0.25, -0.2) is 18.7 Å².